The third kappa shape index (κ3) is 3.55. The number of hydrogen-bond acceptors (Lipinski definition) is 5. The standard InChI is InChI=1S/C23H25FN4O2/c1-27-8-10-28(11-9-27)7-6-25-17-3-5-18-15(12-17)14-30-22(18)21-19-4-2-16(24)13-20(19)26-23(21)29/h2-5,12-13,25H,6-11,14H2,1H3,(H,26,29). The summed E-state index contributed by atoms with van der Waals surface area (Å²) >= 11 is 0. The molecule has 2 aromatic carbocycles. The Labute approximate surface area is 175 Å². The fraction of sp³-hybridized carbons (Fsp3) is 0.348. The van der Waals surface area contributed by atoms with Gasteiger partial charge in [0, 0.05) is 61.6 Å². The van der Waals surface area contributed by atoms with Gasteiger partial charge in [0.2, 0.25) is 0 Å². The molecular formula is C23H25FN4O2. The molecule has 5 rings (SSSR count). The molecule has 0 saturated carbocycles. The van der Waals surface area contributed by atoms with Crippen molar-refractivity contribution < 1.29 is 13.9 Å². The van der Waals surface area contributed by atoms with Crippen molar-refractivity contribution in [3.63, 3.8) is 0 Å². The van der Waals surface area contributed by atoms with Gasteiger partial charge in [-0.1, -0.05) is 0 Å². The van der Waals surface area contributed by atoms with Gasteiger partial charge in [-0.3, -0.25) is 9.69 Å². The van der Waals surface area contributed by atoms with E-state index >= 15 is 0 Å². The maximum Gasteiger partial charge on any atom is 0.260 e. The maximum absolute atomic E-state index is 13.5. The molecule has 0 spiro atoms. The molecule has 2 N–H and O–H groups in total. The van der Waals surface area contributed by atoms with E-state index in [0.29, 0.717) is 29.2 Å². The lowest BCUT2D eigenvalue weighted by Crippen LogP contribution is -2.45. The van der Waals surface area contributed by atoms with Crippen molar-refractivity contribution >= 4 is 28.6 Å². The van der Waals surface area contributed by atoms with Crippen molar-refractivity contribution in [2.45, 2.75) is 6.61 Å². The van der Waals surface area contributed by atoms with Crippen molar-refractivity contribution in [2.75, 3.05) is 56.9 Å². The monoisotopic (exact) mass is 408 g/mol. The first-order chi connectivity index (χ1) is 14.6. The first-order valence-corrected chi connectivity index (χ1v) is 10.3. The topological polar surface area (TPSA) is 56.8 Å². The molecular weight excluding hydrogens is 383 g/mol. The molecule has 3 aliphatic heterocycles. The second kappa shape index (κ2) is 7.74. The Hall–Kier alpha value is -2.90. The van der Waals surface area contributed by atoms with Crippen molar-refractivity contribution in [3.8, 4) is 0 Å². The average Bonchev–Trinajstić information content (AvgIpc) is 3.28. The number of anilines is 2. The predicted octanol–water partition coefficient (Wildman–Crippen LogP) is 2.84. The number of carbonyl (C=O) groups excluding carboxylic acids is 1. The molecule has 0 bridgehead atoms. The van der Waals surface area contributed by atoms with Crippen LogP contribution in [0.15, 0.2) is 36.4 Å². The molecule has 0 aromatic heterocycles. The summed E-state index contributed by atoms with van der Waals surface area (Å²) in [5, 5.41) is 6.23. The van der Waals surface area contributed by atoms with E-state index in [9.17, 15) is 9.18 Å². The van der Waals surface area contributed by atoms with Crippen molar-refractivity contribution in [1.82, 2.24) is 9.80 Å². The first kappa shape index (κ1) is 19.1. The Morgan fingerprint density at radius 2 is 1.90 bits per heavy atom. The minimum absolute atomic E-state index is 0.257. The van der Waals surface area contributed by atoms with Crippen LogP contribution in [0.4, 0.5) is 15.8 Å². The van der Waals surface area contributed by atoms with Crippen LogP contribution in [0.5, 0.6) is 0 Å². The van der Waals surface area contributed by atoms with Crippen molar-refractivity contribution in [1.29, 1.82) is 0 Å². The molecule has 2 aromatic rings. The predicted molar refractivity (Wildman–Crippen MR) is 116 cm³/mol. The number of halogens is 1. The Morgan fingerprint density at radius 1 is 1.10 bits per heavy atom. The van der Waals surface area contributed by atoms with E-state index < -0.39 is 0 Å². The van der Waals surface area contributed by atoms with Gasteiger partial charge in [-0.15, -0.1) is 0 Å². The van der Waals surface area contributed by atoms with E-state index in [1.807, 2.05) is 12.1 Å². The van der Waals surface area contributed by atoms with Gasteiger partial charge in [0.25, 0.3) is 5.91 Å². The van der Waals surface area contributed by atoms with Gasteiger partial charge in [-0.25, -0.2) is 4.39 Å². The van der Waals surface area contributed by atoms with E-state index in [1.54, 1.807) is 6.07 Å². The average molecular weight is 408 g/mol. The van der Waals surface area contributed by atoms with Crippen LogP contribution in [0, 0.1) is 5.82 Å². The number of nitrogens with one attached hydrogen (secondary N) is 2. The number of benzene rings is 2. The largest absolute Gasteiger partial charge is 0.487 e. The van der Waals surface area contributed by atoms with Crippen molar-refractivity contribution in [3.05, 3.63) is 58.9 Å². The highest BCUT2D eigenvalue weighted by Gasteiger charge is 2.32. The highest BCUT2D eigenvalue weighted by atomic mass is 19.1. The molecule has 30 heavy (non-hydrogen) atoms. The molecule has 156 valence electrons. The number of amides is 1. The number of fused-ring (bicyclic) bond motifs is 2. The van der Waals surface area contributed by atoms with Gasteiger partial charge in [-0.05, 0) is 43.4 Å². The second-order valence-electron chi connectivity index (χ2n) is 8.08. The Morgan fingerprint density at radius 3 is 2.73 bits per heavy atom. The van der Waals surface area contributed by atoms with E-state index in [1.165, 1.54) is 12.1 Å². The first-order valence-electron chi connectivity index (χ1n) is 10.3. The SMILES string of the molecule is CN1CCN(CCNc2ccc3c(c2)COC3=C2C(=O)Nc3cc(F)ccc32)CC1. The quantitative estimate of drug-likeness (QED) is 0.762. The number of carbonyl (C=O) groups is 1. The van der Waals surface area contributed by atoms with Gasteiger partial charge >= 0.3 is 0 Å². The zero-order valence-corrected chi connectivity index (χ0v) is 17.0. The van der Waals surface area contributed by atoms with Crippen LogP contribution in [-0.2, 0) is 16.1 Å². The second-order valence-corrected chi connectivity index (χ2v) is 8.08. The highest BCUT2D eigenvalue weighted by molar-refractivity contribution is 6.36. The van der Waals surface area contributed by atoms with Crippen LogP contribution >= 0.6 is 0 Å². The van der Waals surface area contributed by atoms with E-state index in [-0.39, 0.29) is 11.7 Å². The summed E-state index contributed by atoms with van der Waals surface area (Å²) in [5.41, 5.74) is 4.66. The van der Waals surface area contributed by atoms with E-state index in [4.69, 9.17) is 4.74 Å². The van der Waals surface area contributed by atoms with Crippen molar-refractivity contribution in [2.24, 2.45) is 0 Å². The Balaban J connectivity index is 1.31. The Kier molecular flexibility index (Phi) is 4.92. The lowest BCUT2D eigenvalue weighted by Gasteiger charge is -2.32. The summed E-state index contributed by atoms with van der Waals surface area (Å²) in [6.45, 7) is 6.80. The third-order valence-electron chi connectivity index (χ3n) is 6.03. The van der Waals surface area contributed by atoms with Gasteiger partial charge in [-0.2, -0.15) is 0 Å². The molecule has 0 radical (unpaired) electrons. The van der Waals surface area contributed by atoms with Crippen LogP contribution < -0.4 is 10.6 Å². The summed E-state index contributed by atoms with van der Waals surface area (Å²) in [6.07, 6.45) is 0. The number of rotatable bonds is 4. The van der Waals surface area contributed by atoms with E-state index in [2.05, 4.69) is 33.5 Å². The highest BCUT2D eigenvalue weighted by Crippen LogP contribution is 2.42. The lowest BCUT2D eigenvalue weighted by molar-refractivity contribution is -0.110. The molecule has 1 amide bonds. The molecule has 0 unspecified atom stereocenters. The maximum atomic E-state index is 13.5. The molecule has 6 nitrogen and oxygen atoms in total. The number of ether oxygens (including phenoxy) is 1. The van der Waals surface area contributed by atoms with Crippen LogP contribution in [-0.4, -0.2) is 62.0 Å². The summed E-state index contributed by atoms with van der Waals surface area (Å²) in [7, 11) is 2.16. The summed E-state index contributed by atoms with van der Waals surface area (Å²) < 4.78 is 19.4. The van der Waals surface area contributed by atoms with Crippen LogP contribution in [0.2, 0.25) is 0 Å². The number of nitrogens with zero attached hydrogens (tertiary/aromatic N) is 2. The summed E-state index contributed by atoms with van der Waals surface area (Å²) in [4.78, 5) is 17.4. The van der Waals surface area contributed by atoms with E-state index in [0.717, 1.165) is 56.1 Å². The molecule has 7 heteroatoms. The van der Waals surface area contributed by atoms with Crippen LogP contribution in [0.3, 0.4) is 0 Å². The third-order valence-corrected chi connectivity index (χ3v) is 6.03. The normalized spacial score (nSPS) is 21.2. The minimum atomic E-state index is -0.375. The molecule has 3 aliphatic rings. The molecule has 1 fully saturated rings. The van der Waals surface area contributed by atoms with Gasteiger partial charge in [0.1, 0.15) is 18.2 Å². The lowest BCUT2D eigenvalue weighted by atomic mass is 10.00. The number of likely N-dealkylation sites (N-methyl/N-ethyl adjacent to an activating group) is 1. The fourth-order valence-corrected chi connectivity index (χ4v) is 4.28. The van der Waals surface area contributed by atoms with Crippen LogP contribution in [0.25, 0.3) is 11.3 Å². The molecule has 3 heterocycles. The Bertz CT molecular complexity index is 1030. The minimum Gasteiger partial charge on any atom is -0.487 e. The summed E-state index contributed by atoms with van der Waals surface area (Å²) in [6, 6.07) is 10.4. The van der Waals surface area contributed by atoms with Gasteiger partial charge in [0.15, 0.2) is 0 Å². The number of hydrogen-bond donors (Lipinski definition) is 2. The fourth-order valence-electron chi connectivity index (χ4n) is 4.28. The van der Waals surface area contributed by atoms with Gasteiger partial charge < -0.3 is 20.3 Å². The van der Waals surface area contributed by atoms with Gasteiger partial charge in [0.05, 0.1) is 11.3 Å². The molecule has 1 saturated heterocycles. The molecule has 0 aliphatic carbocycles. The zero-order chi connectivity index (χ0) is 20.7. The smallest absolute Gasteiger partial charge is 0.260 e. The zero-order valence-electron chi connectivity index (χ0n) is 17.0. The van der Waals surface area contributed by atoms with Crippen LogP contribution in [0.1, 0.15) is 16.7 Å². The summed E-state index contributed by atoms with van der Waals surface area (Å²) in [5.74, 6) is -0.0648. The number of piperazine rings is 1. The molecule has 0 atom stereocenters.